The van der Waals surface area contributed by atoms with Crippen LogP contribution in [0.25, 0.3) is 0 Å². The van der Waals surface area contributed by atoms with Crippen molar-refractivity contribution in [1.82, 2.24) is 0 Å². The molecule has 0 radical (unpaired) electrons. The third-order valence-corrected chi connectivity index (χ3v) is 5.57. The second-order valence-corrected chi connectivity index (χ2v) is 8.35. The van der Waals surface area contributed by atoms with Crippen LogP contribution in [0.5, 0.6) is 5.75 Å². The molecule has 0 aliphatic heterocycles. The number of halogens is 3. The molecule has 0 saturated heterocycles. The molecule has 0 amide bonds. The predicted molar refractivity (Wildman–Crippen MR) is 95.3 cm³/mol. The molecule has 2 aromatic rings. The number of aromatic hydroxyl groups is 1. The molecule has 1 atom stereocenters. The van der Waals surface area contributed by atoms with E-state index in [1.165, 1.54) is 6.07 Å². The van der Waals surface area contributed by atoms with Gasteiger partial charge in [-0.25, -0.2) is 0 Å². The van der Waals surface area contributed by atoms with Gasteiger partial charge in [0.25, 0.3) is 0 Å². The van der Waals surface area contributed by atoms with E-state index >= 15 is 0 Å². The number of alkyl halides is 3. The first-order valence-electron chi connectivity index (χ1n) is 7.69. The van der Waals surface area contributed by atoms with Gasteiger partial charge >= 0.3 is 6.18 Å². The molecule has 5 heteroatoms. The molecule has 1 nitrogen and oxygen atoms in total. The van der Waals surface area contributed by atoms with Crippen molar-refractivity contribution in [2.75, 3.05) is 0 Å². The maximum Gasteiger partial charge on any atom is 0.417 e. The van der Waals surface area contributed by atoms with Crippen molar-refractivity contribution in [3.05, 3.63) is 52.6 Å². The largest absolute Gasteiger partial charge is 0.507 e. The summed E-state index contributed by atoms with van der Waals surface area (Å²) in [6.45, 7) is 9.58. The monoisotopic (exact) mass is 354 g/mol. The highest BCUT2D eigenvalue weighted by Crippen LogP contribution is 2.35. The topological polar surface area (TPSA) is 20.2 Å². The van der Waals surface area contributed by atoms with Crippen LogP contribution in [0.2, 0.25) is 0 Å². The van der Waals surface area contributed by atoms with Crippen LogP contribution in [0.15, 0.2) is 30.3 Å². The standard InChI is InChI=1S/C19H22F3OP/c1-11-7-6-8-14(19(20,21)22)17(11)24-15-10-13(18(3,4)5)9-12(2)16(15)23/h6-10,23-24H,1-5H3. The fourth-order valence-corrected chi connectivity index (χ4v) is 3.97. The number of phenolic OH excluding ortho intramolecular Hbond substituents is 1. The zero-order valence-corrected chi connectivity index (χ0v) is 15.5. The van der Waals surface area contributed by atoms with E-state index in [-0.39, 0.29) is 25.0 Å². The Labute approximate surface area is 142 Å². The maximum absolute atomic E-state index is 13.3. The molecule has 0 bridgehead atoms. The van der Waals surface area contributed by atoms with Gasteiger partial charge in [-0.3, -0.25) is 0 Å². The van der Waals surface area contributed by atoms with E-state index in [2.05, 4.69) is 0 Å². The summed E-state index contributed by atoms with van der Waals surface area (Å²) in [5.41, 5.74) is 1.51. The highest BCUT2D eigenvalue weighted by molar-refractivity contribution is 7.56. The number of aryl methyl sites for hydroxylation is 2. The van der Waals surface area contributed by atoms with Crippen molar-refractivity contribution < 1.29 is 18.3 Å². The Balaban J connectivity index is 2.59. The van der Waals surface area contributed by atoms with E-state index < -0.39 is 11.7 Å². The van der Waals surface area contributed by atoms with Gasteiger partial charge in [0.15, 0.2) is 0 Å². The fourth-order valence-electron chi connectivity index (χ4n) is 2.51. The zero-order valence-electron chi connectivity index (χ0n) is 14.5. The minimum atomic E-state index is -4.40. The zero-order chi connectivity index (χ0) is 18.3. The molecular formula is C19H22F3OP. The molecule has 1 unspecified atom stereocenters. The molecule has 0 aromatic heterocycles. The van der Waals surface area contributed by atoms with Gasteiger partial charge < -0.3 is 5.11 Å². The van der Waals surface area contributed by atoms with Gasteiger partial charge in [-0.15, -0.1) is 0 Å². The van der Waals surface area contributed by atoms with E-state index in [1.54, 1.807) is 19.9 Å². The number of hydrogen-bond donors (Lipinski definition) is 1. The number of phenols is 1. The molecule has 2 aromatic carbocycles. The highest BCUT2D eigenvalue weighted by Gasteiger charge is 2.34. The molecule has 130 valence electrons. The van der Waals surface area contributed by atoms with Gasteiger partial charge in [-0.05, 0) is 53.4 Å². The molecule has 0 aliphatic rings. The molecular weight excluding hydrogens is 332 g/mol. The van der Waals surface area contributed by atoms with Crippen LogP contribution in [0.1, 0.15) is 43.0 Å². The average molecular weight is 354 g/mol. The Kier molecular flexibility index (Phi) is 5.01. The summed E-state index contributed by atoms with van der Waals surface area (Å²) in [7, 11) is -0.251. The summed E-state index contributed by atoms with van der Waals surface area (Å²) in [4.78, 5) is 0. The Morgan fingerprint density at radius 1 is 0.958 bits per heavy atom. The third kappa shape index (κ3) is 3.92. The summed E-state index contributed by atoms with van der Waals surface area (Å²) in [6.07, 6.45) is -4.40. The van der Waals surface area contributed by atoms with Crippen LogP contribution in [0, 0.1) is 13.8 Å². The van der Waals surface area contributed by atoms with Gasteiger partial charge in [0.1, 0.15) is 5.75 Å². The first-order valence-corrected chi connectivity index (χ1v) is 8.69. The van der Waals surface area contributed by atoms with Crippen LogP contribution in [0.3, 0.4) is 0 Å². The Morgan fingerprint density at radius 2 is 1.58 bits per heavy atom. The van der Waals surface area contributed by atoms with Gasteiger partial charge in [0.2, 0.25) is 0 Å². The van der Waals surface area contributed by atoms with E-state index in [1.807, 2.05) is 32.9 Å². The van der Waals surface area contributed by atoms with Crippen LogP contribution in [0.4, 0.5) is 13.2 Å². The van der Waals surface area contributed by atoms with E-state index in [0.717, 1.165) is 11.6 Å². The van der Waals surface area contributed by atoms with Crippen molar-refractivity contribution in [2.24, 2.45) is 0 Å². The fraction of sp³-hybridized carbons (Fsp3) is 0.368. The normalized spacial score (nSPS) is 13.0. The molecule has 24 heavy (non-hydrogen) atoms. The highest BCUT2D eigenvalue weighted by atomic mass is 31.1. The van der Waals surface area contributed by atoms with E-state index in [4.69, 9.17) is 0 Å². The summed E-state index contributed by atoms with van der Waals surface area (Å²) >= 11 is 0. The van der Waals surface area contributed by atoms with E-state index in [0.29, 0.717) is 16.4 Å². The Bertz CT molecular complexity index is 758. The van der Waals surface area contributed by atoms with Gasteiger partial charge in [0, 0.05) is 5.30 Å². The number of benzene rings is 2. The second-order valence-electron chi connectivity index (χ2n) is 7.06. The molecule has 1 N–H and O–H groups in total. The Hall–Kier alpha value is -1.54. The van der Waals surface area contributed by atoms with Crippen LogP contribution >= 0.6 is 8.58 Å². The SMILES string of the molecule is Cc1cc(C(C)(C)C)cc(Pc2c(C)cccc2C(F)(F)F)c1O. The summed E-state index contributed by atoms with van der Waals surface area (Å²) in [6, 6.07) is 7.92. The van der Waals surface area contributed by atoms with Gasteiger partial charge in [0.05, 0.1) is 5.56 Å². The van der Waals surface area contributed by atoms with Crippen molar-refractivity contribution in [1.29, 1.82) is 0 Å². The molecule has 0 fully saturated rings. The summed E-state index contributed by atoms with van der Waals surface area (Å²) in [5.74, 6) is 0.0812. The quantitative estimate of drug-likeness (QED) is 0.756. The van der Waals surface area contributed by atoms with Crippen LogP contribution < -0.4 is 10.6 Å². The molecule has 0 aliphatic carbocycles. The van der Waals surface area contributed by atoms with Crippen molar-refractivity contribution in [3.63, 3.8) is 0 Å². The first-order chi connectivity index (χ1) is 10.9. The minimum absolute atomic E-state index is 0.0812. The summed E-state index contributed by atoms with van der Waals surface area (Å²) < 4.78 is 40.0. The molecule has 0 spiro atoms. The van der Waals surface area contributed by atoms with Crippen molar-refractivity contribution >= 4 is 19.2 Å². The third-order valence-electron chi connectivity index (χ3n) is 4.00. The van der Waals surface area contributed by atoms with Gasteiger partial charge in [-0.2, -0.15) is 13.2 Å². The second kappa shape index (κ2) is 6.40. The minimum Gasteiger partial charge on any atom is -0.507 e. The van der Waals surface area contributed by atoms with Gasteiger partial charge in [-0.1, -0.05) is 47.6 Å². The number of hydrogen-bond acceptors (Lipinski definition) is 1. The molecule has 0 heterocycles. The Morgan fingerprint density at radius 3 is 2.12 bits per heavy atom. The lowest BCUT2D eigenvalue weighted by Gasteiger charge is -2.22. The maximum atomic E-state index is 13.3. The summed E-state index contributed by atoms with van der Waals surface area (Å²) in [5, 5.41) is 11.2. The first kappa shape index (κ1) is 18.8. The van der Waals surface area contributed by atoms with Crippen LogP contribution in [-0.4, -0.2) is 5.11 Å². The van der Waals surface area contributed by atoms with Crippen LogP contribution in [-0.2, 0) is 11.6 Å². The predicted octanol–water partition coefficient (Wildman–Crippen LogP) is 4.95. The lowest BCUT2D eigenvalue weighted by atomic mass is 9.86. The molecule has 0 saturated carbocycles. The average Bonchev–Trinajstić information content (AvgIpc) is 2.43. The van der Waals surface area contributed by atoms with E-state index in [9.17, 15) is 18.3 Å². The lowest BCUT2D eigenvalue weighted by molar-refractivity contribution is -0.136. The lowest BCUT2D eigenvalue weighted by Crippen LogP contribution is -2.21. The smallest absolute Gasteiger partial charge is 0.417 e. The number of rotatable bonds is 2. The molecule has 2 rings (SSSR count). The van der Waals surface area contributed by atoms with Crippen molar-refractivity contribution in [2.45, 2.75) is 46.2 Å². The van der Waals surface area contributed by atoms with Crippen molar-refractivity contribution in [3.8, 4) is 5.75 Å².